The summed E-state index contributed by atoms with van der Waals surface area (Å²) in [5.74, 6) is 2.06. The third-order valence-corrected chi connectivity index (χ3v) is 6.38. The van der Waals surface area contributed by atoms with E-state index < -0.39 is 0 Å². The van der Waals surface area contributed by atoms with Crippen LogP contribution in [0.5, 0.6) is 5.75 Å². The molecule has 3 aromatic rings. The van der Waals surface area contributed by atoms with Crippen LogP contribution in [0.3, 0.4) is 0 Å². The molecule has 1 amide bonds. The fourth-order valence-electron chi connectivity index (χ4n) is 3.37. The lowest BCUT2D eigenvalue weighted by atomic mass is 9.99. The van der Waals surface area contributed by atoms with Crippen molar-refractivity contribution >= 4 is 17.9 Å². The summed E-state index contributed by atoms with van der Waals surface area (Å²) in [5.41, 5.74) is 2.14. The maximum atomic E-state index is 12.5. The first kappa shape index (κ1) is 20.3. The van der Waals surface area contributed by atoms with Crippen molar-refractivity contribution < 1.29 is 9.53 Å². The molecule has 0 atom stereocenters. The first-order valence-corrected chi connectivity index (χ1v) is 11.0. The van der Waals surface area contributed by atoms with Gasteiger partial charge in [-0.3, -0.25) is 4.98 Å². The van der Waals surface area contributed by atoms with Gasteiger partial charge in [0.25, 0.3) is 0 Å². The summed E-state index contributed by atoms with van der Waals surface area (Å²) in [7, 11) is 1.84. The number of nitrogens with zero attached hydrogens (tertiary/aromatic N) is 6. The van der Waals surface area contributed by atoms with E-state index in [0.29, 0.717) is 24.8 Å². The molecule has 0 unspecified atom stereocenters. The minimum absolute atomic E-state index is 0.281. The van der Waals surface area contributed by atoms with Gasteiger partial charge in [-0.05, 0) is 59.0 Å². The molecule has 1 aliphatic heterocycles. The molecule has 0 spiro atoms. The highest BCUT2D eigenvalue weighted by atomic mass is 32.2. The number of carbonyl (C=O) groups is 1. The van der Waals surface area contributed by atoms with Gasteiger partial charge in [0.15, 0.2) is 0 Å². The predicted molar refractivity (Wildman–Crippen MR) is 113 cm³/mol. The SMILES string of the molecule is Cn1nnnc1SCC1CCN(C(=O)Oc2ccc(Cc3ccccn3)cc2)CC1. The van der Waals surface area contributed by atoms with Crippen LogP contribution in [0.25, 0.3) is 0 Å². The number of thioether (sulfide) groups is 1. The lowest BCUT2D eigenvalue weighted by Crippen LogP contribution is -2.40. The molecule has 8 nitrogen and oxygen atoms in total. The van der Waals surface area contributed by atoms with Crippen LogP contribution in [0.2, 0.25) is 0 Å². The molecule has 0 N–H and O–H groups in total. The van der Waals surface area contributed by atoms with Gasteiger partial charge >= 0.3 is 6.09 Å². The van der Waals surface area contributed by atoms with Crippen LogP contribution in [0.1, 0.15) is 24.1 Å². The summed E-state index contributed by atoms with van der Waals surface area (Å²) in [4.78, 5) is 18.6. The lowest BCUT2D eigenvalue weighted by Gasteiger charge is -2.30. The number of pyridine rings is 1. The zero-order valence-electron chi connectivity index (χ0n) is 16.8. The van der Waals surface area contributed by atoms with Crippen molar-refractivity contribution in [3.63, 3.8) is 0 Å². The van der Waals surface area contributed by atoms with Crippen LogP contribution in [-0.2, 0) is 13.5 Å². The number of benzene rings is 1. The van der Waals surface area contributed by atoms with E-state index in [0.717, 1.165) is 41.4 Å². The van der Waals surface area contributed by atoms with E-state index in [4.69, 9.17) is 4.74 Å². The number of carbonyl (C=O) groups excluding carboxylic acids is 1. The third kappa shape index (κ3) is 5.35. The Labute approximate surface area is 179 Å². The van der Waals surface area contributed by atoms with Crippen molar-refractivity contribution in [1.29, 1.82) is 0 Å². The Bertz CT molecular complexity index is 955. The molecule has 2 aromatic heterocycles. The van der Waals surface area contributed by atoms with Crippen LogP contribution in [0, 0.1) is 5.92 Å². The highest BCUT2D eigenvalue weighted by molar-refractivity contribution is 7.99. The Kier molecular flexibility index (Phi) is 6.58. The van der Waals surface area contributed by atoms with Gasteiger partial charge in [-0.15, -0.1) is 5.10 Å². The number of likely N-dealkylation sites (tertiary alicyclic amines) is 1. The number of amides is 1. The van der Waals surface area contributed by atoms with Gasteiger partial charge in [0.05, 0.1) is 0 Å². The number of piperidine rings is 1. The molecule has 9 heteroatoms. The topological polar surface area (TPSA) is 86.0 Å². The normalized spacial score (nSPS) is 14.6. The van der Waals surface area contributed by atoms with Crippen molar-refractivity contribution in [2.45, 2.75) is 24.4 Å². The monoisotopic (exact) mass is 424 g/mol. The van der Waals surface area contributed by atoms with Crippen molar-refractivity contribution in [2.24, 2.45) is 13.0 Å². The van der Waals surface area contributed by atoms with Gasteiger partial charge in [-0.1, -0.05) is 30.0 Å². The molecular formula is C21H24N6O2S. The van der Waals surface area contributed by atoms with Crippen molar-refractivity contribution in [1.82, 2.24) is 30.1 Å². The largest absolute Gasteiger partial charge is 0.415 e. The molecule has 1 saturated heterocycles. The minimum atomic E-state index is -0.281. The molecule has 1 aromatic carbocycles. The number of ether oxygens (including phenoxy) is 1. The smallest absolute Gasteiger partial charge is 0.410 e. The van der Waals surface area contributed by atoms with Crippen LogP contribution < -0.4 is 4.74 Å². The van der Waals surface area contributed by atoms with Gasteiger partial charge in [0.1, 0.15) is 5.75 Å². The van der Waals surface area contributed by atoms with Crippen molar-refractivity contribution in [3.8, 4) is 5.75 Å². The number of tetrazole rings is 1. The third-order valence-electron chi connectivity index (χ3n) is 5.14. The predicted octanol–water partition coefficient (Wildman–Crippen LogP) is 3.20. The molecule has 0 radical (unpaired) electrons. The summed E-state index contributed by atoms with van der Waals surface area (Å²) in [6.45, 7) is 1.41. The molecule has 0 saturated carbocycles. The van der Waals surface area contributed by atoms with E-state index in [1.165, 1.54) is 0 Å². The molecule has 3 heterocycles. The Hall–Kier alpha value is -2.94. The summed E-state index contributed by atoms with van der Waals surface area (Å²) in [5, 5.41) is 12.3. The van der Waals surface area contributed by atoms with Crippen LogP contribution in [-0.4, -0.2) is 55.0 Å². The molecule has 1 aliphatic rings. The fourth-order valence-corrected chi connectivity index (χ4v) is 4.41. The van der Waals surface area contributed by atoms with Crippen LogP contribution in [0.4, 0.5) is 4.79 Å². The average molecular weight is 425 g/mol. The minimum Gasteiger partial charge on any atom is -0.410 e. The second kappa shape index (κ2) is 9.71. The highest BCUT2D eigenvalue weighted by Crippen LogP contribution is 2.25. The number of hydrogen-bond donors (Lipinski definition) is 0. The Balaban J connectivity index is 1.22. The molecule has 0 aliphatic carbocycles. The fraction of sp³-hybridized carbons (Fsp3) is 0.381. The Morgan fingerprint density at radius 1 is 1.17 bits per heavy atom. The summed E-state index contributed by atoms with van der Waals surface area (Å²) in [6.07, 6.45) is 4.18. The number of aryl methyl sites for hydroxylation is 1. The van der Waals surface area contributed by atoms with Gasteiger partial charge < -0.3 is 9.64 Å². The van der Waals surface area contributed by atoms with E-state index in [1.807, 2.05) is 49.5 Å². The van der Waals surface area contributed by atoms with Gasteiger partial charge in [0, 0.05) is 44.2 Å². The molecule has 4 rings (SSSR count). The maximum absolute atomic E-state index is 12.5. The van der Waals surface area contributed by atoms with E-state index >= 15 is 0 Å². The van der Waals surface area contributed by atoms with Gasteiger partial charge in [-0.25, -0.2) is 9.48 Å². The summed E-state index contributed by atoms with van der Waals surface area (Å²) < 4.78 is 7.24. The van der Waals surface area contributed by atoms with Crippen LogP contribution >= 0.6 is 11.8 Å². The Morgan fingerprint density at radius 3 is 2.63 bits per heavy atom. The lowest BCUT2D eigenvalue weighted by molar-refractivity contribution is 0.134. The zero-order chi connectivity index (χ0) is 20.8. The summed E-state index contributed by atoms with van der Waals surface area (Å²) in [6, 6.07) is 13.5. The number of aromatic nitrogens is 5. The van der Waals surface area contributed by atoms with Crippen molar-refractivity contribution in [3.05, 3.63) is 59.9 Å². The molecular weight excluding hydrogens is 400 g/mol. The van der Waals surface area contributed by atoms with E-state index in [-0.39, 0.29) is 6.09 Å². The van der Waals surface area contributed by atoms with Gasteiger partial charge in [-0.2, -0.15) is 0 Å². The first-order valence-electron chi connectivity index (χ1n) is 9.98. The molecule has 30 heavy (non-hydrogen) atoms. The van der Waals surface area contributed by atoms with Crippen LogP contribution in [0.15, 0.2) is 53.8 Å². The Morgan fingerprint density at radius 2 is 1.97 bits per heavy atom. The maximum Gasteiger partial charge on any atom is 0.415 e. The average Bonchev–Trinajstić information content (AvgIpc) is 3.19. The second-order valence-corrected chi connectivity index (χ2v) is 8.32. The second-order valence-electron chi connectivity index (χ2n) is 7.34. The van der Waals surface area contributed by atoms with Crippen molar-refractivity contribution in [2.75, 3.05) is 18.8 Å². The first-order chi connectivity index (χ1) is 14.7. The van der Waals surface area contributed by atoms with E-state index in [2.05, 4.69) is 20.5 Å². The molecule has 0 bridgehead atoms. The zero-order valence-corrected chi connectivity index (χ0v) is 17.7. The van der Waals surface area contributed by atoms with Gasteiger partial charge in [0.2, 0.25) is 5.16 Å². The van der Waals surface area contributed by atoms with E-state index in [9.17, 15) is 4.79 Å². The highest BCUT2D eigenvalue weighted by Gasteiger charge is 2.24. The molecule has 1 fully saturated rings. The quantitative estimate of drug-likeness (QED) is 0.562. The van der Waals surface area contributed by atoms with E-state index in [1.54, 1.807) is 27.5 Å². The standard InChI is InChI=1S/C21H24N6O2S/c1-26-20(23-24-25-26)30-15-17-9-12-27(13-10-17)21(28)29-19-7-5-16(6-8-19)14-18-4-2-3-11-22-18/h2-8,11,17H,9-10,12-15H2,1H3. The number of hydrogen-bond acceptors (Lipinski definition) is 7. The molecule has 156 valence electrons. The number of rotatable bonds is 6. The summed E-state index contributed by atoms with van der Waals surface area (Å²) >= 11 is 1.66.